The normalized spacial score (nSPS) is 24.5. The van der Waals surface area contributed by atoms with Crippen LogP contribution < -0.4 is 0 Å². The zero-order chi connectivity index (χ0) is 16.3. The smallest absolute Gasteiger partial charge is 0.105 e. The number of benzene rings is 2. The van der Waals surface area contributed by atoms with Crippen molar-refractivity contribution in [1.82, 2.24) is 4.90 Å². The number of nitrogens with zero attached hydrogens (tertiary/aromatic N) is 1. The first-order valence-corrected chi connectivity index (χ1v) is 8.37. The molecule has 2 aromatic rings. The van der Waals surface area contributed by atoms with E-state index in [0.717, 1.165) is 12.1 Å². The van der Waals surface area contributed by atoms with Gasteiger partial charge in [-0.15, -0.1) is 0 Å². The fourth-order valence-electron chi connectivity index (χ4n) is 3.73. The molecule has 2 N–H and O–H groups in total. The molecule has 3 nitrogen and oxygen atoms in total. The van der Waals surface area contributed by atoms with Crippen LogP contribution in [0, 0.1) is 0 Å². The Balaban J connectivity index is 1.88. The first-order chi connectivity index (χ1) is 11.1. The van der Waals surface area contributed by atoms with Crippen molar-refractivity contribution in [3.63, 3.8) is 0 Å². The van der Waals surface area contributed by atoms with E-state index in [-0.39, 0.29) is 12.1 Å². The predicted octanol–water partition coefficient (Wildman–Crippen LogP) is 2.92. The quantitative estimate of drug-likeness (QED) is 0.892. The van der Waals surface area contributed by atoms with E-state index in [9.17, 15) is 10.2 Å². The summed E-state index contributed by atoms with van der Waals surface area (Å²) >= 11 is 0. The van der Waals surface area contributed by atoms with E-state index >= 15 is 0 Å². The Morgan fingerprint density at radius 3 is 2.26 bits per heavy atom. The van der Waals surface area contributed by atoms with Gasteiger partial charge >= 0.3 is 0 Å². The third kappa shape index (κ3) is 3.32. The van der Waals surface area contributed by atoms with Gasteiger partial charge in [-0.05, 0) is 24.0 Å². The fourth-order valence-corrected chi connectivity index (χ4v) is 3.73. The van der Waals surface area contributed by atoms with Crippen molar-refractivity contribution in [1.29, 1.82) is 0 Å². The summed E-state index contributed by atoms with van der Waals surface area (Å²) < 4.78 is 0. The Morgan fingerprint density at radius 2 is 1.65 bits per heavy atom. The van der Waals surface area contributed by atoms with Gasteiger partial charge in [0, 0.05) is 19.1 Å². The number of hydrogen-bond donors (Lipinski definition) is 2. The molecular formula is C20H25NO2. The number of aliphatic hydroxyl groups excluding tert-OH is 1. The fraction of sp³-hybridized carbons (Fsp3) is 0.400. The van der Waals surface area contributed by atoms with Gasteiger partial charge < -0.3 is 10.2 Å². The Labute approximate surface area is 138 Å². The highest BCUT2D eigenvalue weighted by atomic mass is 16.3. The standard InChI is InChI=1S/C20H25NO2/c1-2-20(23,17-11-7-4-8-12-17)19-13-18(22)15-21(19)14-16-9-5-3-6-10-16/h3-12,18-19,22-23H,2,13-15H2,1H3/t18-,19-,20?/m1/s1. The maximum atomic E-state index is 11.4. The van der Waals surface area contributed by atoms with E-state index in [4.69, 9.17) is 0 Å². The highest BCUT2D eigenvalue weighted by Gasteiger charge is 2.45. The topological polar surface area (TPSA) is 43.7 Å². The van der Waals surface area contributed by atoms with Gasteiger partial charge in [0.1, 0.15) is 5.60 Å². The maximum Gasteiger partial charge on any atom is 0.105 e. The summed E-state index contributed by atoms with van der Waals surface area (Å²) in [5.74, 6) is 0. The van der Waals surface area contributed by atoms with Crippen molar-refractivity contribution in [3.8, 4) is 0 Å². The molecule has 1 fully saturated rings. The molecule has 2 aromatic carbocycles. The summed E-state index contributed by atoms with van der Waals surface area (Å²) in [4.78, 5) is 2.22. The number of likely N-dealkylation sites (tertiary alicyclic amines) is 1. The lowest BCUT2D eigenvalue weighted by Gasteiger charge is -2.39. The zero-order valence-corrected chi connectivity index (χ0v) is 13.6. The second-order valence-electron chi connectivity index (χ2n) is 6.46. The molecule has 1 aliphatic rings. The van der Waals surface area contributed by atoms with Crippen molar-refractivity contribution < 1.29 is 10.2 Å². The molecule has 0 aliphatic carbocycles. The van der Waals surface area contributed by atoms with Crippen LogP contribution in [-0.4, -0.2) is 33.8 Å². The van der Waals surface area contributed by atoms with Gasteiger partial charge in [-0.1, -0.05) is 67.6 Å². The Bertz CT molecular complexity index is 616. The van der Waals surface area contributed by atoms with E-state index in [1.807, 2.05) is 55.5 Å². The molecule has 0 bridgehead atoms. The second-order valence-corrected chi connectivity index (χ2v) is 6.46. The Morgan fingerprint density at radius 1 is 1.04 bits per heavy atom. The minimum atomic E-state index is -0.937. The first-order valence-electron chi connectivity index (χ1n) is 8.37. The van der Waals surface area contributed by atoms with Gasteiger partial charge in [0.05, 0.1) is 6.10 Å². The third-order valence-electron chi connectivity index (χ3n) is 4.97. The highest BCUT2D eigenvalue weighted by Crippen LogP contribution is 2.38. The molecule has 3 heteroatoms. The van der Waals surface area contributed by atoms with Crippen LogP contribution in [0.15, 0.2) is 60.7 Å². The largest absolute Gasteiger partial charge is 0.392 e. The van der Waals surface area contributed by atoms with Crippen molar-refractivity contribution in [2.45, 2.75) is 44.1 Å². The van der Waals surface area contributed by atoms with E-state index in [0.29, 0.717) is 19.4 Å². The summed E-state index contributed by atoms with van der Waals surface area (Å²) in [6.45, 7) is 3.37. The first kappa shape index (κ1) is 16.2. The zero-order valence-electron chi connectivity index (χ0n) is 13.6. The third-order valence-corrected chi connectivity index (χ3v) is 4.97. The van der Waals surface area contributed by atoms with Crippen molar-refractivity contribution in [2.24, 2.45) is 0 Å². The van der Waals surface area contributed by atoms with Crippen LogP contribution in [-0.2, 0) is 12.1 Å². The molecule has 1 saturated heterocycles. The molecule has 3 rings (SSSR count). The van der Waals surface area contributed by atoms with Gasteiger partial charge in [-0.2, -0.15) is 0 Å². The molecule has 23 heavy (non-hydrogen) atoms. The van der Waals surface area contributed by atoms with Crippen LogP contribution in [0.5, 0.6) is 0 Å². The number of aliphatic hydroxyl groups is 2. The molecule has 1 unspecified atom stereocenters. The number of rotatable bonds is 5. The van der Waals surface area contributed by atoms with Gasteiger partial charge in [-0.3, -0.25) is 4.90 Å². The van der Waals surface area contributed by atoms with E-state index in [1.165, 1.54) is 5.56 Å². The Hall–Kier alpha value is -1.68. The second kappa shape index (κ2) is 6.83. The molecule has 1 aliphatic heterocycles. The summed E-state index contributed by atoms with van der Waals surface area (Å²) in [5.41, 5.74) is 1.20. The molecule has 0 aromatic heterocycles. The SMILES string of the molecule is CCC(O)(c1ccccc1)[C@H]1C[C@@H](O)CN1Cc1ccccc1. The average molecular weight is 311 g/mol. The lowest BCUT2D eigenvalue weighted by Crippen LogP contribution is -2.46. The van der Waals surface area contributed by atoms with Crippen molar-refractivity contribution in [2.75, 3.05) is 6.54 Å². The molecule has 0 amide bonds. The van der Waals surface area contributed by atoms with Crippen molar-refractivity contribution in [3.05, 3.63) is 71.8 Å². The van der Waals surface area contributed by atoms with Crippen LogP contribution in [0.25, 0.3) is 0 Å². The summed E-state index contributed by atoms with van der Waals surface area (Å²) in [6, 6.07) is 20.0. The van der Waals surface area contributed by atoms with Gasteiger partial charge in [-0.25, -0.2) is 0 Å². The van der Waals surface area contributed by atoms with Gasteiger partial charge in [0.25, 0.3) is 0 Å². The Kier molecular flexibility index (Phi) is 4.81. The maximum absolute atomic E-state index is 11.4. The average Bonchev–Trinajstić information content (AvgIpc) is 2.97. The summed E-state index contributed by atoms with van der Waals surface area (Å²) in [5, 5.41) is 21.6. The van der Waals surface area contributed by atoms with Crippen LogP contribution in [0.3, 0.4) is 0 Å². The number of β-amino-alcohol motifs (C(OH)–C–C–N with tert-alkyl or cyclic N) is 1. The number of hydrogen-bond acceptors (Lipinski definition) is 3. The summed E-state index contributed by atoms with van der Waals surface area (Å²) in [6.07, 6.45) is 0.844. The van der Waals surface area contributed by atoms with Gasteiger partial charge in [0.2, 0.25) is 0 Å². The van der Waals surface area contributed by atoms with E-state index in [2.05, 4.69) is 17.0 Å². The summed E-state index contributed by atoms with van der Waals surface area (Å²) in [7, 11) is 0. The minimum absolute atomic E-state index is 0.0786. The monoisotopic (exact) mass is 311 g/mol. The van der Waals surface area contributed by atoms with Crippen LogP contribution >= 0.6 is 0 Å². The molecule has 0 spiro atoms. The molecule has 3 atom stereocenters. The van der Waals surface area contributed by atoms with E-state index < -0.39 is 5.60 Å². The minimum Gasteiger partial charge on any atom is -0.392 e. The molecule has 122 valence electrons. The van der Waals surface area contributed by atoms with Crippen LogP contribution in [0.2, 0.25) is 0 Å². The van der Waals surface area contributed by atoms with Crippen LogP contribution in [0.1, 0.15) is 30.9 Å². The molecule has 0 radical (unpaired) electrons. The molecule has 1 heterocycles. The molecular weight excluding hydrogens is 286 g/mol. The van der Waals surface area contributed by atoms with Crippen molar-refractivity contribution >= 4 is 0 Å². The molecule has 0 saturated carbocycles. The van der Waals surface area contributed by atoms with E-state index in [1.54, 1.807) is 0 Å². The lowest BCUT2D eigenvalue weighted by molar-refractivity contribution is -0.0448. The predicted molar refractivity (Wildman–Crippen MR) is 91.9 cm³/mol. The highest BCUT2D eigenvalue weighted by molar-refractivity contribution is 5.26. The van der Waals surface area contributed by atoms with Gasteiger partial charge in [0.15, 0.2) is 0 Å². The van der Waals surface area contributed by atoms with Crippen LogP contribution in [0.4, 0.5) is 0 Å². The lowest BCUT2D eigenvalue weighted by atomic mass is 9.82.